The molecule has 3 fully saturated rings. The summed E-state index contributed by atoms with van der Waals surface area (Å²) >= 11 is 17.3. The van der Waals surface area contributed by atoms with Crippen molar-refractivity contribution in [3.8, 4) is 0 Å². The molecule has 2 bridgehead atoms. The van der Waals surface area contributed by atoms with E-state index in [1.165, 1.54) is 6.42 Å². The van der Waals surface area contributed by atoms with E-state index in [0.717, 1.165) is 57.8 Å². The van der Waals surface area contributed by atoms with Crippen molar-refractivity contribution < 1.29 is 27.5 Å². The van der Waals surface area contributed by atoms with Crippen LogP contribution in [0.3, 0.4) is 0 Å². The summed E-state index contributed by atoms with van der Waals surface area (Å²) in [5, 5.41) is -0.235. The average molecular weight is 531 g/mol. The van der Waals surface area contributed by atoms with E-state index in [-0.39, 0.29) is 10.8 Å². The molecule has 0 spiro atoms. The molecule has 4 unspecified atom stereocenters. The molecule has 0 aromatic carbocycles. The van der Waals surface area contributed by atoms with Crippen molar-refractivity contribution in [1.82, 2.24) is 0 Å². The summed E-state index contributed by atoms with van der Waals surface area (Å²) in [6, 6.07) is 0. The summed E-state index contributed by atoms with van der Waals surface area (Å²) in [6.45, 7) is -5.76. The molecule has 0 amide bonds. The molecule has 156 valence electrons. The summed E-state index contributed by atoms with van der Waals surface area (Å²) in [5.74, 6) is 0.700. The maximum absolute atomic E-state index is 10.9. The molecule has 6 nitrogen and oxygen atoms in total. The highest BCUT2D eigenvalue weighted by Crippen LogP contribution is 2.72. The van der Waals surface area contributed by atoms with Gasteiger partial charge in [0.25, 0.3) is 0 Å². The second-order valence-electron chi connectivity index (χ2n) is 7.39. The van der Waals surface area contributed by atoms with Crippen molar-refractivity contribution in [2.45, 2.75) is 75.0 Å². The van der Waals surface area contributed by atoms with Crippen molar-refractivity contribution in [2.24, 2.45) is 5.92 Å². The fourth-order valence-electron chi connectivity index (χ4n) is 4.31. The van der Waals surface area contributed by atoms with Gasteiger partial charge in [-0.3, -0.25) is 0 Å². The Morgan fingerprint density at radius 2 is 1.44 bits per heavy atom. The van der Waals surface area contributed by atoms with Gasteiger partial charge in [-0.2, -0.15) is 0 Å². The Morgan fingerprint density at radius 1 is 0.926 bits per heavy atom. The number of fused-ring (bicyclic) bond motifs is 2. The second kappa shape index (κ2) is 10.6. The van der Waals surface area contributed by atoms with Gasteiger partial charge >= 0.3 is 14.5 Å². The molecule has 0 radical (unpaired) electrons. The van der Waals surface area contributed by atoms with E-state index in [0.29, 0.717) is 5.92 Å². The molecule has 3 rings (SSSR count). The van der Waals surface area contributed by atoms with Gasteiger partial charge in [0, 0.05) is 5.66 Å². The second-order valence-corrected chi connectivity index (χ2v) is 18.5. The highest BCUT2D eigenvalue weighted by Gasteiger charge is 2.56. The minimum absolute atomic E-state index is 0.0300. The predicted octanol–water partition coefficient (Wildman–Crippen LogP) is 6.45. The zero-order chi connectivity index (χ0) is 20.3. The van der Waals surface area contributed by atoms with Crippen LogP contribution in [0.5, 0.6) is 0 Å². The van der Waals surface area contributed by atoms with Crippen molar-refractivity contribution in [1.29, 1.82) is 0 Å². The fourth-order valence-corrected chi connectivity index (χ4v) is 14.8. The van der Waals surface area contributed by atoms with E-state index in [2.05, 4.69) is 24.5 Å². The zero-order valence-corrected chi connectivity index (χ0v) is 21.8. The van der Waals surface area contributed by atoms with Crippen molar-refractivity contribution >= 4 is 75.6 Å². The molecule has 14 heteroatoms. The normalized spacial score (nSPS) is 33.4. The van der Waals surface area contributed by atoms with Crippen molar-refractivity contribution in [2.75, 3.05) is 0 Å². The molecule has 4 atom stereocenters. The smallest absolute Gasteiger partial charge is 0.342 e. The third-order valence-corrected chi connectivity index (χ3v) is 16.5. The monoisotopic (exact) mass is 530 g/mol. The lowest BCUT2D eigenvalue weighted by atomic mass is 10.0. The first kappa shape index (κ1) is 25.3. The molecule has 3 aliphatic rings. The standard InChI is InChI=1S/C7H12O3P2S2.C6H12O3P2S2/c8-11(13)10-12(9,14)7-3-1-6(5-7)2-4-7;7-10(12)9-11(8,13)6-4-2-1-3-5-6/h6H,1-5H2,(H-,8,9,13,14);6H,1-5H2,(H-,7,8,12,13)/p+2. The van der Waals surface area contributed by atoms with Crippen molar-refractivity contribution in [3.05, 3.63) is 0 Å². The lowest BCUT2D eigenvalue weighted by Crippen LogP contribution is -2.22. The topological polar surface area (TPSA) is 93.1 Å². The maximum Gasteiger partial charge on any atom is 0.588 e. The highest BCUT2D eigenvalue weighted by atomic mass is 32.7. The third kappa shape index (κ3) is 7.02. The number of rotatable bonds is 6. The summed E-state index contributed by atoms with van der Waals surface area (Å²) < 4.78 is 31.4. The largest absolute Gasteiger partial charge is 0.588 e. The predicted molar refractivity (Wildman–Crippen MR) is 125 cm³/mol. The minimum atomic E-state index is -2.91. The first-order valence-electron chi connectivity index (χ1n) is 8.84. The van der Waals surface area contributed by atoms with Crippen LogP contribution in [0.1, 0.15) is 64.2 Å². The average Bonchev–Trinajstić information content (AvgIpc) is 3.17. The van der Waals surface area contributed by atoms with E-state index in [4.69, 9.17) is 32.2 Å². The molecule has 3 saturated carbocycles. The summed E-state index contributed by atoms with van der Waals surface area (Å²) in [7, 11) is -4.16. The Labute approximate surface area is 183 Å². The van der Waals surface area contributed by atoms with Gasteiger partial charge in [-0.1, -0.05) is 27.9 Å². The van der Waals surface area contributed by atoms with E-state index in [9.17, 15) is 18.9 Å². The molecule has 0 saturated heterocycles. The summed E-state index contributed by atoms with van der Waals surface area (Å²) in [6.07, 6.45) is 10.2. The lowest BCUT2D eigenvalue weighted by Gasteiger charge is -2.30. The van der Waals surface area contributed by atoms with Crippen LogP contribution in [0.15, 0.2) is 0 Å². The first-order chi connectivity index (χ1) is 12.5. The third-order valence-electron chi connectivity index (χ3n) is 5.71. The van der Waals surface area contributed by atoms with Crippen LogP contribution in [0, 0.1) is 5.92 Å². The number of hydrogen-bond donors (Lipinski definition) is 4. The Bertz CT molecular complexity index is 663. The molecule has 3 aliphatic carbocycles. The van der Waals surface area contributed by atoms with Crippen molar-refractivity contribution in [3.63, 3.8) is 0 Å². The zero-order valence-electron chi connectivity index (χ0n) is 14.8. The quantitative estimate of drug-likeness (QED) is 0.230. The number of thiol groups is 2. The van der Waals surface area contributed by atoms with Crippen LogP contribution in [0.2, 0.25) is 0 Å². The van der Waals surface area contributed by atoms with Gasteiger partial charge in [0.05, 0.1) is 5.16 Å². The first-order valence-corrected chi connectivity index (χ1v) is 18.9. The number of hydrogen-bond acceptors (Lipinski definition) is 6. The van der Waals surface area contributed by atoms with E-state index in [1.54, 1.807) is 0 Å². The molecular weight excluding hydrogens is 504 g/mol. The Kier molecular flexibility index (Phi) is 9.91. The van der Waals surface area contributed by atoms with Crippen LogP contribution in [-0.4, -0.2) is 20.6 Å². The maximum atomic E-state index is 10.9. The minimum Gasteiger partial charge on any atom is -0.342 e. The van der Waals surface area contributed by atoms with Gasteiger partial charge in [0.1, 0.15) is 24.5 Å². The lowest BCUT2D eigenvalue weighted by molar-refractivity contribution is 0.414. The van der Waals surface area contributed by atoms with Gasteiger partial charge in [-0.05, 0) is 83.6 Å². The van der Waals surface area contributed by atoms with Crippen LogP contribution >= 0.6 is 51.9 Å². The van der Waals surface area contributed by atoms with Gasteiger partial charge in [0.15, 0.2) is 0 Å². The molecule has 2 N–H and O–H groups in total. The van der Waals surface area contributed by atoms with Gasteiger partial charge < -0.3 is 9.79 Å². The molecular formula is C13H26O6P4S4+2. The van der Waals surface area contributed by atoms with E-state index < -0.39 is 27.4 Å². The summed E-state index contributed by atoms with van der Waals surface area (Å²) in [5.41, 5.74) is 0.0300. The van der Waals surface area contributed by atoms with E-state index in [1.807, 2.05) is 0 Å². The Hall–Kier alpha value is 2.04. The SMILES string of the molecule is O=[P+](S)OP(O)(=S)C12CCC(CC1)C2.O=[P+](S)OP(O)(=S)C1CCCCC1. The molecule has 27 heavy (non-hydrogen) atoms. The van der Waals surface area contributed by atoms with Gasteiger partial charge in [0.2, 0.25) is 13.0 Å². The van der Waals surface area contributed by atoms with Crippen LogP contribution in [0.25, 0.3) is 0 Å². The summed E-state index contributed by atoms with van der Waals surface area (Å²) in [4.78, 5) is 19.9. The molecule has 0 aromatic rings. The Balaban J connectivity index is 0.000000194. The van der Waals surface area contributed by atoms with Crippen LogP contribution in [-0.2, 0) is 41.4 Å². The fraction of sp³-hybridized carbons (Fsp3) is 1.00. The Morgan fingerprint density at radius 3 is 1.85 bits per heavy atom. The molecule has 0 aromatic heterocycles. The highest BCUT2D eigenvalue weighted by molar-refractivity contribution is 8.40. The molecule has 0 heterocycles. The van der Waals surface area contributed by atoms with Gasteiger partial charge in [-0.15, -0.1) is 0 Å². The van der Waals surface area contributed by atoms with E-state index >= 15 is 0 Å². The van der Waals surface area contributed by atoms with Crippen LogP contribution < -0.4 is 0 Å². The molecule has 0 aliphatic heterocycles. The van der Waals surface area contributed by atoms with Crippen LogP contribution in [0.4, 0.5) is 0 Å². The van der Waals surface area contributed by atoms with Gasteiger partial charge in [-0.25, -0.2) is 0 Å².